The monoisotopic (exact) mass is 293 g/mol. The number of aromatic nitrogens is 4. The van der Waals surface area contributed by atoms with Gasteiger partial charge < -0.3 is 10.4 Å². The van der Waals surface area contributed by atoms with Crippen molar-refractivity contribution < 1.29 is 9.90 Å². The van der Waals surface area contributed by atoms with Gasteiger partial charge >= 0.3 is 0 Å². The molecule has 1 aliphatic rings. The van der Waals surface area contributed by atoms with Crippen molar-refractivity contribution in [2.75, 3.05) is 13.2 Å². The third kappa shape index (κ3) is 2.56. The number of aliphatic hydroxyl groups is 1. The Morgan fingerprint density at radius 1 is 1.55 bits per heavy atom. The fourth-order valence-corrected chi connectivity index (χ4v) is 3.00. The summed E-state index contributed by atoms with van der Waals surface area (Å²) in [4.78, 5) is 12.8. The molecule has 0 unspecified atom stereocenters. The van der Waals surface area contributed by atoms with Crippen molar-refractivity contribution in [2.24, 2.45) is 5.41 Å². The van der Waals surface area contributed by atoms with E-state index in [1.54, 1.807) is 0 Å². The Morgan fingerprint density at radius 2 is 2.40 bits per heavy atom. The van der Waals surface area contributed by atoms with Crippen LogP contribution < -0.4 is 5.32 Å². The van der Waals surface area contributed by atoms with Gasteiger partial charge in [-0.3, -0.25) is 4.79 Å². The van der Waals surface area contributed by atoms with Gasteiger partial charge in [-0.1, -0.05) is 0 Å². The summed E-state index contributed by atoms with van der Waals surface area (Å²) in [6, 6.07) is 1.82. The summed E-state index contributed by atoms with van der Waals surface area (Å²) in [6.45, 7) is 0.782. The first-order valence-corrected chi connectivity index (χ1v) is 7.32. The molecule has 0 aliphatic heterocycles. The molecule has 0 bridgehead atoms. The number of hydrogen-bond donors (Lipinski definition) is 2. The summed E-state index contributed by atoms with van der Waals surface area (Å²) in [5.74, 6) is -0.116. The third-order valence-corrected chi connectivity index (χ3v) is 4.57. The summed E-state index contributed by atoms with van der Waals surface area (Å²) in [6.07, 6.45) is 4.35. The van der Waals surface area contributed by atoms with E-state index in [0.717, 1.165) is 19.3 Å². The van der Waals surface area contributed by atoms with Gasteiger partial charge in [0.25, 0.3) is 5.91 Å². The molecule has 106 valence electrons. The lowest BCUT2D eigenvalue weighted by Gasteiger charge is -2.14. The number of nitrogens with one attached hydrogen (secondary N) is 1. The maximum absolute atomic E-state index is 12.3. The van der Waals surface area contributed by atoms with Gasteiger partial charge in [0.15, 0.2) is 0 Å². The maximum Gasteiger partial charge on any atom is 0.263 e. The SMILES string of the molecule is O=C(NCC1(CCO)CC1)c1sccc1-n1cnnn1. The number of nitrogens with zero attached hydrogens (tertiary/aromatic N) is 4. The Hall–Kier alpha value is -1.80. The highest BCUT2D eigenvalue weighted by Gasteiger charge is 2.42. The molecule has 20 heavy (non-hydrogen) atoms. The van der Waals surface area contributed by atoms with Gasteiger partial charge in [-0.05, 0) is 46.6 Å². The van der Waals surface area contributed by atoms with Crippen LogP contribution in [-0.4, -0.2) is 44.4 Å². The van der Waals surface area contributed by atoms with E-state index in [4.69, 9.17) is 5.11 Å². The van der Waals surface area contributed by atoms with Gasteiger partial charge in [0.1, 0.15) is 11.2 Å². The second-order valence-electron chi connectivity index (χ2n) is 5.05. The number of carbonyl (C=O) groups excluding carboxylic acids is 1. The molecule has 2 N–H and O–H groups in total. The molecule has 1 saturated carbocycles. The number of rotatable bonds is 6. The molecule has 7 nitrogen and oxygen atoms in total. The molecule has 1 amide bonds. The number of tetrazole rings is 1. The van der Waals surface area contributed by atoms with Crippen molar-refractivity contribution in [3.05, 3.63) is 22.7 Å². The minimum atomic E-state index is -0.116. The lowest BCUT2D eigenvalue weighted by Crippen LogP contribution is -2.30. The average molecular weight is 293 g/mol. The van der Waals surface area contributed by atoms with Gasteiger partial charge in [0.05, 0.1) is 5.69 Å². The molecule has 2 aromatic heterocycles. The minimum absolute atomic E-state index is 0.108. The topological polar surface area (TPSA) is 92.9 Å². The van der Waals surface area contributed by atoms with E-state index in [-0.39, 0.29) is 17.9 Å². The molecule has 0 radical (unpaired) electrons. The highest BCUT2D eigenvalue weighted by molar-refractivity contribution is 7.12. The molecule has 1 fully saturated rings. The summed E-state index contributed by atoms with van der Waals surface area (Å²) in [7, 11) is 0. The fourth-order valence-electron chi connectivity index (χ4n) is 2.20. The normalized spacial score (nSPS) is 16.1. The Morgan fingerprint density at radius 3 is 3.05 bits per heavy atom. The van der Waals surface area contributed by atoms with Crippen molar-refractivity contribution in [3.63, 3.8) is 0 Å². The summed E-state index contributed by atoms with van der Waals surface area (Å²) in [5.41, 5.74) is 0.793. The Bertz CT molecular complexity index is 591. The van der Waals surface area contributed by atoms with Crippen molar-refractivity contribution in [1.29, 1.82) is 0 Å². The summed E-state index contributed by atoms with van der Waals surface area (Å²) < 4.78 is 1.48. The zero-order chi connectivity index (χ0) is 14.0. The van der Waals surface area contributed by atoms with Crippen molar-refractivity contribution in [2.45, 2.75) is 19.3 Å². The Kier molecular flexibility index (Phi) is 3.49. The zero-order valence-electron chi connectivity index (χ0n) is 10.8. The van der Waals surface area contributed by atoms with E-state index in [0.29, 0.717) is 17.1 Å². The predicted molar refractivity (Wildman–Crippen MR) is 72.7 cm³/mol. The summed E-state index contributed by atoms with van der Waals surface area (Å²) in [5, 5.41) is 24.8. The molecule has 0 aromatic carbocycles. The number of thiophene rings is 1. The number of hydrogen-bond acceptors (Lipinski definition) is 6. The van der Waals surface area contributed by atoms with Crippen LogP contribution >= 0.6 is 11.3 Å². The molecule has 3 rings (SSSR count). The van der Waals surface area contributed by atoms with Gasteiger partial charge in [0.2, 0.25) is 0 Å². The van der Waals surface area contributed by atoms with Gasteiger partial charge in [-0.15, -0.1) is 16.4 Å². The molecule has 2 aromatic rings. The van der Waals surface area contributed by atoms with Gasteiger partial charge in [0, 0.05) is 13.2 Å². The highest BCUT2D eigenvalue weighted by Crippen LogP contribution is 2.47. The van der Waals surface area contributed by atoms with Crippen molar-refractivity contribution in [1.82, 2.24) is 25.5 Å². The van der Waals surface area contributed by atoms with Crippen LogP contribution in [0.2, 0.25) is 0 Å². The van der Waals surface area contributed by atoms with E-state index < -0.39 is 0 Å². The number of aliphatic hydroxyl groups excluding tert-OH is 1. The predicted octanol–water partition coefficient (Wildman–Crippen LogP) is 0.616. The Labute approximate surface area is 119 Å². The quantitative estimate of drug-likeness (QED) is 0.814. The minimum Gasteiger partial charge on any atom is -0.396 e. The van der Waals surface area contributed by atoms with Crippen molar-refractivity contribution >= 4 is 17.2 Å². The van der Waals surface area contributed by atoms with Gasteiger partial charge in [-0.25, -0.2) is 0 Å². The molecule has 0 saturated heterocycles. The largest absolute Gasteiger partial charge is 0.396 e. The van der Waals surface area contributed by atoms with Crippen molar-refractivity contribution in [3.8, 4) is 5.69 Å². The van der Waals surface area contributed by atoms with E-state index in [2.05, 4.69) is 20.8 Å². The average Bonchev–Trinajstić information content (AvgIpc) is 2.88. The first-order chi connectivity index (χ1) is 9.74. The van der Waals surface area contributed by atoms with Crippen LogP contribution in [-0.2, 0) is 0 Å². The second kappa shape index (κ2) is 5.29. The highest BCUT2D eigenvalue weighted by atomic mass is 32.1. The molecular weight excluding hydrogens is 278 g/mol. The number of carbonyl (C=O) groups is 1. The lowest BCUT2D eigenvalue weighted by molar-refractivity contribution is 0.0944. The lowest BCUT2D eigenvalue weighted by atomic mass is 10.0. The maximum atomic E-state index is 12.3. The molecule has 1 aliphatic carbocycles. The van der Waals surface area contributed by atoms with Crippen LogP contribution in [0.4, 0.5) is 0 Å². The first kappa shape index (κ1) is 13.2. The smallest absolute Gasteiger partial charge is 0.263 e. The molecular formula is C12H15N5O2S. The van der Waals surface area contributed by atoms with Gasteiger partial charge in [-0.2, -0.15) is 4.68 Å². The van der Waals surface area contributed by atoms with Crippen LogP contribution in [0.15, 0.2) is 17.8 Å². The summed E-state index contributed by atoms with van der Waals surface area (Å²) >= 11 is 1.36. The standard InChI is InChI=1S/C12H15N5O2S/c18-5-4-12(2-3-12)7-13-11(19)10-9(1-6-20-10)17-8-14-15-16-17/h1,6,8,18H,2-5,7H2,(H,13,19). The van der Waals surface area contributed by atoms with Crippen LogP contribution in [0, 0.1) is 5.41 Å². The second-order valence-corrected chi connectivity index (χ2v) is 5.96. The van der Waals surface area contributed by atoms with E-state index in [1.165, 1.54) is 22.3 Å². The third-order valence-electron chi connectivity index (χ3n) is 3.67. The van der Waals surface area contributed by atoms with E-state index in [1.807, 2.05) is 11.4 Å². The van der Waals surface area contributed by atoms with E-state index >= 15 is 0 Å². The molecule has 2 heterocycles. The fraction of sp³-hybridized carbons (Fsp3) is 0.500. The zero-order valence-corrected chi connectivity index (χ0v) is 11.6. The molecule has 8 heteroatoms. The van der Waals surface area contributed by atoms with E-state index in [9.17, 15) is 4.79 Å². The van der Waals surface area contributed by atoms with Crippen LogP contribution in [0.3, 0.4) is 0 Å². The Balaban J connectivity index is 1.68. The van der Waals surface area contributed by atoms with Crippen LogP contribution in [0.25, 0.3) is 5.69 Å². The van der Waals surface area contributed by atoms with Crippen LogP contribution in [0.1, 0.15) is 28.9 Å². The number of amides is 1. The molecule has 0 atom stereocenters. The first-order valence-electron chi connectivity index (χ1n) is 6.44. The molecule has 0 spiro atoms. The van der Waals surface area contributed by atoms with Crippen LogP contribution in [0.5, 0.6) is 0 Å².